The number of benzene rings is 2. The van der Waals surface area contributed by atoms with Crippen LogP contribution in [0.2, 0.25) is 10.0 Å². The summed E-state index contributed by atoms with van der Waals surface area (Å²) < 4.78 is 20.1. The molecule has 3 aromatic rings. The van der Waals surface area contributed by atoms with E-state index >= 15 is 0 Å². The molecule has 4 N–H and O–H groups in total. The van der Waals surface area contributed by atoms with E-state index < -0.39 is 23.9 Å². The van der Waals surface area contributed by atoms with Gasteiger partial charge in [0.2, 0.25) is 0 Å². The number of hydrogen-bond acceptors (Lipinski definition) is 7. The third-order valence-corrected chi connectivity index (χ3v) is 7.11. The number of morpholine rings is 1. The lowest BCUT2D eigenvalue weighted by Gasteiger charge is -2.31. The van der Waals surface area contributed by atoms with Crippen molar-refractivity contribution in [1.82, 2.24) is 10.3 Å². The number of amides is 2. The summed E-state index contributed by atoms with van der Waals surface area (Å²) in [7, 11) is 0. The molecular formula is C28H26Cl2FN5O4. The van der Waals surface area contributed by atoms with E-state index in [-0.39, 0.29) is 28.4 Å². The first-order valence-electron chi connectivity index (χ1n) is 12.5. The maximum atomic E-state index is 14.6. The van der Waals surface area contributed by atoms with Crippen LogP contribution in [0, 0.1) is 12.7 Å². The number of nitrogens with zero attached hydrogens (tertiary/aromatic N) is 2. The van der Waals surface area contributed by atoms with Gasteiger partial charge in [-0.3, -0.25) is 9.59 Å². The van der Waals surface area contributed by atoms with Gasteiger partial charge in [0.05, 0.1) is 35.1 Å². The molecule has 1 unspecified atom stereocenters. The molecule has 1 fully saturated rings. The van der Waals surface area contributed by atoms with Crippen LogP contribution in [0.1, 0.15) is 27.0 Å². The van der Waals surface area contributed by atoms with E-state index in [1.807, 2.05) is 13.0 Å². The second-order valence-corrected chi connectivity index (χ2v) is 10.2. The van der Waals surface area contributed by atoms with Crippen molar-refractivity contribution in [2.75, 3.05) is 41.8 Å². The van der Waals surface area contributed by atoms with E-state index in [0.717, 1.165) is 29.1 Å². The lowest BCUT2D eigenvalue weighted by atomic mass is 10.0. The molecule has 1 saturated heterocycles. The van der Waals surface area contributed by atoms with Crippen molar-refractivity contribution in [2.45, 2.75) is 19.7 Å². The van der Waals surface area contributed by atoms with Crippen LogP contribution in [0.5, 0.6) is 0 Å². The number of aryl methyl sites for hydroxylation is 1. The predicted molar refractivity (Wildman–Crippen MR) is 152 cm³/mol. The molecule has 2 aliphatic rings. The first kappa shape index (κ1) is 27.9. The van der Waals surface area contributed by atoms with Crippen molar-refractivity contribution >= 4 is 58.4 Å². The average molecular weight is 586 g/mol. The van der Waals surface area contributed by atoms with E-state index in [4.69, 9.17) is 27.9 Å². The molecule has 2 aliphatic heterocycles. The largest absolute Gasteiger partial charge is 0.378 e. The minimum absolute atomic E-state index is 0.000159. The lowest BCUT2D eigenvalue weighted by molar-refractivity contribution is -0.113. The van der Waals surface area contributed by atoms with Crippen molar-refractivity contribution in [3.05, 3.63) is 86.2 Å². The number of aromatic nitrogens is 1. The van der Waals surface area contributed by atoms with Gasteiger partial charge in [0.25, 0.3) is 11.8 Å². The summed E-state index contributed by atoms with van der Waals surface area (Å²) in [6.07, 6.45) is 0.172. The molecule has 0 bridgehead atoms. The zero-order valence-corrected chi connectivity index (χ0v) is 22.9. The van der Waals surface area contributed by atoms with E-state index in [2.05, 4.69) is 25.8 Å². The quantitative estimate of drug-likeness (QED) is 0.339. The fraction of sp³-hybridized carbons (Fsp3) is 0.250. The van der Waals surface area contributed by atoms with Crippen molar-refractivity contribution in [1.29, 1.82) is 0 Å². The van der Waals surface area contributed by atoms with Crippen LogP contribution in [0.3, 0.4) is 0 Å². The van der Waals surface area contributed by atoms with Gasteiger partial charge in [-0.05, 0) is 54.5 Å². The minimum Gasteiger partial charge on any atom is -0.378 e. The third kappa shape index (κ3) is 6.05. The second kappa shape index (κ2) is 11.8. The van der Waals surface area contributed by atoms with Gasteiger partial charge in [-0.15, -0.1) is 0 Å². The van der Waals surface area contributed by atoms with E-state index in [1.165, 1.54) is 6.08 Å². The van der Waals surface area contributed by atoms with Gasteiger partial charge in [0.1, 0.15) is 17.5 Å². The molecule has 12 heteroatoms. The molecule has 0 spiro atoms. The zero-order valence-electron chi connectivity index (χ0n) is 21.4. The fourth-order valence-electron chi connectivity index (χ4n) is 4.53. The lowest BCUT2D eigenvalue weighted by Crippen LogP contribution is -2.38. The van der Waals surface area contributed by atoms with E-state index in [9.17, 15) is 19.1 Å². The highest BCUT2D eigenvalue weighted by molar-refractivity contribution is 6.34. The summed E-state index contributed by atoms with van der Waals surface area (Å²) in [4.78, 5) is 32.7. The Morgan fingerprint density at radius 3 is 2.70 bits per heavy atom. The highest BCUT2D eigenvalue weighted by atomic mass is 35.5. The predicted octanol–water partition coefficient (Wildman–Crippen LogP) is 4.37. The molecule has 0 saturated carbocycles. The van der Waals surface area contributed by atoms with Crippen molar-refractivity contribution < 1.29 is 23.8 Å². The summed E-state index contributed by atoms with van der Waals surface area (Å²) in [5.74, 6) is -1.01. The number of fused-ring (bicyclic) bond motifs is 1. The van der Waals surface area contributed by atoms with E-state index in [1.54, 1.807) is 24.3 Å². The Kier molecular flexibility index (Phi) is 8.22. The summed E-state index contributed by atoms with van der Waals surface area (Å²) >= 11 is 12.2. The summed E-state index contributed by atoms with van der Waals surface area (Å²) in [6.45, 7) is 4.67. The van der Waals surface area contributed by atoms with Gasteiger partial charge in [0.15, 0.2) is 6.23 Å². The number of aliphatic hydroxyl groups excluding tert-OH is 1. The first-order valence-corrected chi connectivity index (χ1v) is 13.3. The number of carbonyl (C=O) groups is 2. The number of hydrogen-bond donors (Lipinski definition) is 4. The maximum Gasteiger partial charge on any atom is 0.256 e. The van der Waals surface area contributed by atoms with Gasteiger partial charge in [-0.2, -0.15) is 0 Å². The van der Waals surface area contributed by atoms with Gasteiger partial charge in [-0.1, -0.05) is 35.3 Å². The zero-order chi connectivity index (χ0) is 28.4. The Morgan fingerprint density at radius 1 is 1.18 bits per heavy atom. The number of carbonyl (C=O) groups excluding carboxylic acids is 2. The first-order chi connectivity index (χ1) is 19.2. The van der Waals surface area contributed by atoms with Gasteiger partial charge >= 0.3 is 0 Å². The van der Waals surface area contributed by atoms with Crippen LogP contribution in [0.15, 0.2) is 48.0 Å². The topological polar surface area (TPSA) is 116 Å². The number of ether oxygens (including phenoxy) is 1. The van der Waals surface area contributed by atoms with E-state index in [0.29, 0.717) is 42.7 Å². The van der Waals surface area contributed by atoms with Crippen molar-refractivity contribution in [3.63, 3.8) is 0 Å². The monoisotopic (exact) mass is 585 g/mol. The number of pyridine rings is 1. The molecule has 9 nitrogen and oxygen atoms in total. The van der Waals surface area contributed by atoms with Crippen LogP contribution < -0.4 is 20.9 Å². The molecule has 1 atom stereocenters. The van der Waals surface area contributed by atoms with Crippen LogP contribution in [0.25, 0.3) is 6.08 Å². The number of rotatable bonds is 6. The third-order valence-electron chi connectivity index (χ3n) is 6.56. The fourth-order valence-corrected chi connectivity index (χ4v) is 4.94. The van der Waals surface area contributed by atoms with Crippen molar-refractivity contribution in [3.8, 4) is 0 Å². The Morgan fingerprint density at radius 2 is 1.95 bits per heavy atom. The van der Waals surface area contributed by atoms with Crippen LogP contribution >= 0.6 is 23.2 Å². The van der Waals surface area contributed by atoms with Crippen molar-refractivity contribution in [2.24, 2.45) is 0 Å². The molecule has 2 amide bonds. The summed E-state index contributed by atoms with van der Waals surface area (Å²) in [5.41, 5.74) is 1.97. The average Bonchev–Trinajstić information content (AvgIpc) is 2.93. The van der Waals surface area contributed by atoms with Crippen LogP contribution in [-0.4, -0.2) is 54.4 Å². The number of anilines is 3. The van der Waals surface area contributed by atoms with Crippen LogP contribution in [-0.2, 0) is 16.1 Å². The Labute approximate surface area is 239 Å². The SMILES string of the molecule is Cc1cc2c(nc1N1CCOCC1)NC(O)C(C(=O)Nc1cc(C(=O)NCc3cccc(Cl)c3)c(F)cc1Cl)=C2. The molecule has 3 heterocycles. The molecule has 0 radical (unpaired) electrons. The molecule has 5 rings (SSSR count). The summed E-state index contributed by atoms with van der Waals surface area (Å²) in [5, 5.41) is 19.2. The highest BCUT2D eigenvalue weighted by Crippen LogP contribution is 2.32. The van der Waals surface area contributed by atoms with Gasteiger partial charge in [-0.25, -0.2) is 9.37 Å². The molecule has 2 aromatic carbocycles. The highest BCUT2D eigenvalue weighted by Gasteiger charge is 2.28. The molecule has 208 valence electrons. The molecular weight excluding hydrogens is 560 g/mol. The second-order valence-electron chi connectivity index (χ2n) is 9.39. The Hall–Kier alpha value is -3.70. The van der Waals surface area contributed by atoms with Gasteiger partial charge < -0.3 is 30.7 Å². The normalized spacial score (nSPS) is 16.5. The minimum atomic E-state index is -1.36. The number of aliphatic hydroxyl groups is 1. The van der Waals surface area contributed by atoms with Crippen LogP contribution in [0.4, 0.5) is 21.7 Å². The number of nitrogens with one attached hydrogen (secondary N) is 3. The molecule has 40 heavy (non-hydrogen) atoms. The number of halogens is 3. The smallest absolute Gasteiger partial charge is 0.256 e. The van der Waals surface area contributed by atoms with Gasteiger partial charge in [0, 0.05) is 30.2 Å². The molecule has 0 aliphatic carbocycles. The Bertz CT molecular complexity index is 1510. The maximum absolute atomic E-state index is 14.6. The molecule has 1 aromatic heterocycles. The Balaban J connectivity index is 1.34. The standard InChI is InChI=1S/C28H26Cl2FN5O4/c1-15-9-17-11-20(28(39)35-24(17)34-25(15)36-5-7-40-8-6-36)27(38)33-23-12-19(22(31)13-21(23)30)26(37)32-14-16-3-2-4-18(29)10-16/h2-4,9-13,28,39H,5-8,14H2,1H3,(H,32,37)(H,33,38)(H,34,35). The summed E-state index contributed by atoms with van der Waals surface area (Å²) in [6, 6.07) is 10.9.